The number of allylic oxidation sites excluding steroid dienone is 1. The lowest BCUT2D eigenvalue weighted by Crippen LogP contribution is -2.05. The van der Waals surface area contributed by atoms with Gasteiger partial charge in [0.15, 0.2) is 0 Å². The summed E-state index contributed by atoms with van der Waals surface area (Å²) in [6.45, 7) is 4.49. The van der Waals surface area contributed by atoms with Crippen molar-refractivity contribution >= 4 is 6.08 Å². The summed E-state index contributed by atoms with van der Waals surface area (Å²) >= 11 is 0. The summed E-state index contributed by atoms with van der Waals surface area (Å²) < 4.78 is 5.38. The Labute approximate surface area is 103 Å². The third-order valence-corrected chi connectivity index (χ3v) is 2.37. The number of hydrogen-bond acceptors (Lipinski definition) is 2. The lowest BCUT2D eigenvalue weighted by Gasteiger charge is -2.10. The number of aliphatic hydroxyl groups is 1. The van der Waals surface area contributed by atoms with Gasteiger partial charge in [-0.25, -0.2) is 0 Å². The van der Waals surface area contributed by atoms with E-state index in [0.29, 0.717) is 13.0 Å². The summed E-state index contributed by atoms with van der Waals surface area (Å²) in [6, 6.07) is 9.93. The first-order chi connectivity index (χ1) is 8.26. The maximum absolute atomic E-state index is 9.83. The molecule has 0 saturated carbocycles. The van der Waals surface area contributed by atoms with Crippen molar-refractivity contribution in [2.75, 3.05) is 6.61 Å². The van der Waals surface area contributed by atoms with E-state index in [9.17, 15) is 5.11 Å². The summed E-state index contributed by atoms with van der Waals surface area (Å²) in [7, 11) is 0. The van der Waals surface area contributed by atoms with Crippen molar-refractivity contribution < 1.29 is 9.84 Å². The average Bonchev–Trinajstić information content (AvgIpc) is 2.37. The van der Waals surface area contributed by atoms with Crippen LogP contribution in [0.4, 0.5) is 0 Å². The average molecular weight is 232 g/mol. The summed E-state index contributed by atoms with van der Waals surface area (Å²) in [5, 5.41) is 9.83. The molecule has 1 N–H and O–H groups in total. The summed E-state index contributed by atoms with van der Waals surface area (Å²) in [5.41, 5.74) is 1.09. The standard InChI is InChI=1S/C15H20O2/c1-3-15(17-4-2)12-14(16)11-10-13-8-6-5-7-9-13/h3,5-11,14,16H,4,12H2,1-2H3/b11-10+,15-3+. The van der Waals surface area contributed by atoms with Crippen LogP contribution in [0.3, 0.4) is 0 Å². The van der Waals surface area contributed by atoms with Gasteiger partial charge in [0.1, 0.15) is 0 Å². The molecule has 2 nitrogen and oxygen atoms in total. The highest BCUT2D eigenvalue weighted by atomic mass is 16.5. The van der Waals surface area contributed by atoms with Crippen LogP contribution in [-0.4, -0.2) is 17.8 Å². The highest BCUT2D eigenvalue weighted by molar-refractivity contribution is 5.49. The van der Waals surface area contributed by atoms with Crippen molar-refractivity contribution in [3.05, 3.63) is 53.8 Å². The molecular formula is C15H20O2. The van der Waals surface area contributed by atoms with Gasteiger partial charge in [0.05, 0.1) is 18.5 Å². The molecular weight excluding hydrogens is 212 g/mol. The fourth-order valence-electron chi connectivity index (χ4n) is 1.51. The maximum Gasteiger partial charge on any atom is 0.0946 e. The Hall–Kier alpha value is -1.54. The maximum atomic E-state index is 9.83. The van der Waals surface area contributed by atoms with E-state index in [-0.39, 0.29) is 0 Å². The number of benzene rings is 1. The van der Waals surface area contributed by atoms with Gasteiger partial charge in [-0.1, -0.05) is 42.5 Å². The van der Waals surface area contributed by atoms with Gasteiger partial charge in [-0.2, -0.15) is 0 Å². The molecule has 1 aromatic carbocycles. The molecule has 0 fully saturated rings. The number of hydrogen-bond donors (Lipinski definition) is 1. The molecule has 0 aromatic heterocycles. The highest BCUT2D eigenvalue weighted by Crippen LogP contribution is 2.10. The molecule has 1 rings (SSSR count). The van der Waals surface area contributed by atoms with Crippen LogP contribution in [-0.2, 0) is 4.74 Å². The van der Waals surface area contributed by atoms with Crippen molar-refractivity contribution in [2.24, 2.45) is 0 Å². The molecule has 0 saturated heterocycles. The Bertz CT molecular complexity index is 366. The molecule has 0 spiro atoms. The van der Waals surface area contributed by atoms with Crippen molar-refractivity contribution in [2.45, 2.75) is 26.4 Å². The topological polar surface area (TPSA) is 29.5 Å². The molecule has 0 aliphatic heterocycles. The number of rotatable bonds is 6. The lowest BCUT2D eigenvalue weighted by atomic mass is 10.1. The first kappa shape index (κ1) is 13.5. The number of aliphatic hydroxyl groups excluding tert-OH is 1. The van der Waals surface area contributed by atoms with E-state index in [1.54, 1.807) is 6.08 Å². The Morgan fingerprint density at radius 3 is 2.65 bits per heavy atom. The predicted octanol–water partition coefficient (Wildman–Crippen LogP) is 3.39. The van der Waals surface area contributed by atoms with Crippen LogP contribution in [0.25, 0.3) is 6.08 Å². The van der Waals surface area contributed by atoms with Crippen molar-refractivity contribution in [1.29, 1.82) is 0 Å². The lowest BCUT2D eigenvalue weighted by molar-refractivity contribution is 0.164. The SMILES string of the molecule is C/C=C(\CC(O)/C=C/c1ccccc1)OCC. The van der Waals surface area contributed by atoms with E-state index in [1.165, 1.54) is 0 Å². The van der Waals surface area contributed by atoms with Crippen LogP contribution < -0.4 is 0 Å². The molecule has 1 atom stereocenters. The molecule has 0 amide bonds. The molecule has 92 valence electrons. The molecule has 17 heavy (non-hydrogen) atoms. The van der Waals surface area contributed by atoms with E-state index < -0.39 is 6.10 Å². The Balaban J connectivity index is 2.49. The van der Waals surface area contributed by atoms with Crippen LogP contribution in [0, 0.1) is 0 Å². The summed E-state index contributed by atoms with van der Waals surface area (Å²) in [4.78, 5) is 0. The Kier molecular flexibility index (Phi) is 6.12. The van der Waals surface area contributed by atoms with Gasteiger partial charge in [0, 0.05) is 6.42 Å². The largest absolute Gasteiger partial charge is 0.498 e. The van der Waals surface area contributed by atoms with Gasteiger partial charge >= 0.3 is 0 Å². The van der Waals surface area contributed by atoms with Crippen LogP contribution in [0.5, 0.6) is 0 Å². The second-order valence-corrected chi connectivity index (χ2v) is 3.73. The van der Waals surface area contributed by atoms with Crippen LogP contribution in [0.1, 0.15) is 25.8 Å². The minimum atomic E-state index is -0.507. The van der Waals surface area contributed by atoms with Gasteiger partial charge in [-0.05, 0) is 25.5 Å². The van der Waals surface area contributed by atoms with Crippen LogP contribution in [0.2, 0.25) is 0 Å². The van der Waals surface area contributed by atoms with Gasteiger partial charge in [0.25, 0.3) is 0 Å². The fourth-order valence-corrected chi connectivity index (χ4v) is 1.51. The monoisotopic (exact) mass is 232 g/mol. The normalized spacial score (nSPS) is 13.9. The van der Waals surface area contributed by atoms with Gasteiger partial charge in [-0.3, -0.25) is 0 Å². The molecule has 0 aliphatic carbocycles. The highest BCUT2D eigenvalue weighted by Gasteiger charge is 2.03. The van der Waals surface area contributed by atoms with E-state index in [0.717, 1.165) is 11.3 Å². The molecule has 0 radical (unpaired) electrons. The Morgan fingerprint density at radius 2 is 2.06 bits per heavy atom. The van der Waals surface area contributed by atoms with E-state index in [4.69, 9.17) is 4.74 Å². The fraction of sp³-hybridized carbons (Fsp3) is 0.333. The van der Waals surface area contributed by atoms with Crippen molar-refractivity contribution in [1.82, 2.24) is 0 Å². The van der Waals surface area contributed by atoms with Crippen LogP contribution >= 0.6 is 0 Å². The summed E-state index contributed by atoms with van der Waals surface area (Å²) in [5.74, 6) is 0.831. The molecule has 0 heterocycles. The Morgan fingerprint density at radius 1 is 1.35 bits per heavy atom. The quantitative estimate of drug-likeness (QED) is 0.762. The molecule has 1 aromatic rings. The number of ether oxygens (including phenoxy) is 1. The van der Waals surface area contributed by atoms with Gasteiger partial charge in [0.2, 0.25) is 0 Å². The molecule has 0 bridgehead atoms. The molecule has 2 heteroatoms. The van der Waals surface area contributed by atoms with E-state index in [2.05, 4.69) is 0 Å². The smallest absolute Gasteiger partial charge is 0.0946 e. The first-order valence-electron chi connectivity index (χ1n) is 5.95. The van der Waals surface area contributed by atoms with Crippen molar-refractivity contribution in [3.8, 4) is 0 Å². The second-order valence-electron chi connectivity index (χ2n) is 3.73. The molecule has 1 unspecified atom stereocenters. The molecule has 0 aliphatic rings. The second kappa shape index (κ2) is 7.69. The van der Waals surface area contributed by atoms with E-state index >= 15 is 0 Å². The third-order valence-electron chi connectivity index (χ3n) is 2.37. The van der Waals surface area contributed by atoms with Crippen molar-refractivity contribution in [3.63, 3.8) is 0 Å². The first-order valence-corrected chi connectivity index (χ1v) is 5.95. The zero-order chi connectivity index (χ0) is 12.5. The van der Waals surface area contributed by atoms with E-state index in [1.807, 2.05) is 56.3 Å². The zero-order valence-corrected chi connectivity index (χ0v) is 10.5. The minimum Gasteiger partial charge on any atom is -0.498 e. The van der Waals surface area contributed by atoms with Crippen LogP contribution in [0.15, 0.2) is 48.2 Å². The van der Waals surface area contributed by atoms with Gasteiger partial charge < -0.3 is 9.84 Å². The predicted molar refractivity (Wildman–Crippen MR) is 71.5 cm³/mol. The zero-order valence-electron chi connectivity index (χ0n) is 10.5. The van der Waals surface area contributed by atoms with Gasteiger partial charge in [-0.15, -0.1) is 0 Å². The minimum absolute atomic E-state index is 0.507. The third kappa shape index (κ3) is 5.36. The summed E-state index contributed by atoms with van der Waals surface area (Å²) in [6.07, 6.45) is 5.62.